The maximum absolute atomic E-state index is 14.7. The van der Waals surface area contributed by atoms with Crippen LogP contribution in [0.25, 0.3) is 42.0 Å². The van der Waals surface area contributed by atoms with Crippen molar-refractivity contribution in [3.8, 4) is 0 Å². The van der Waals surface area contributed by atoms with Crippen LogP contribution in [0.3, 0.4) is 0 Å². The van der Waals surface area contributed by atoms with Crippen molar-refractivity contribution < 1.29 is 141 Å². The Balaban J connectivity index is 1.56. The smallest absolute Gasteiger partial charge is 0.287 e. The minimum Gasteiger partial charge on any atom is -0.287 e. The second-order valence-corrected chi connectivity index (χ2v) is 15.5. The molecule has 0 amide bonds. The number of hydrogen-bond donors (Lipinski definition) is 0. The maximum atomic E-state index is 14.7. The lowest BCUT2D eigenvalue weighted by Gasteiger charge is -2.41. The van der Waals surface area contributed by atoms with Gasteiger partial charge in [-0.1, -0.05) is 0 Å². The fourth-order valence-electron chi connectivity index (χ4n) is 5.60. The van der Waals surface area contributed by atoms with Gasteiger partial charge < -0.3 is 0 Å². The number of ketones is 2. The van der Waals surface area contributed by atoms with Crippen LogP contribution in [-0.2, 0) is 0 Å². The van der Waals surface area contributed by atoms with Gasteiger partial charge in [-0.25, -0.2) is 9.97 Å². The topological polar surface area (TPSA) is 94.1 Å². The van der Waals surface area contributed by atoms with Crippen molar-refractivity contribution >= 4 is 76.2 Å². The van der Waals surface area contributed by atoms with Gasteiger partial charge in [-0.15, -0.1) is 22.7 Å². The molecule has 0 N–H and O–H groups in total. The van der Waals surface area contributed by atoms with Crippen molar-refractivity contribution in [3.05, 3.63) is 42.6 Å². The Morgan fingerprint density at radius 3 is 0.794 bits per heavy atom. The number of carbonyl (C=O) groups is 2. The molecule has 0 spiro atoms. The van der Waals surface area contributed by atoms with Gasteiger partial charge in [0.25, 0.3) is 11.6 Å². The summed E-state index contributed by atoms with van der Waals surface area (Å²) in [5, 5.41) is -8.62. The third kappa shape index (κ3) is 6.29. The highest BCUT2D eigenvalue weighted by atomic mass is 32.1. The average molecular weight is 1090 g/mol. The SMILES string of the molecule is O=C(c1nc2c(=O)c3cc4c(cc3c2s1)c(=O)c1nc(C(=O)C(F)(F)C(F)(F)C(F)(F)C(F)(F)C(F)(F)C(F)(F)C(F)(F)F)sc14)C(F)(F)C(F)(F)C(F)(F)C(F)(F)C(F)(F)C(F)(F)C(F)(F)F. The summed E-state index contributed by atoms with van der Waals surface area (Å²) in [6.45, 7) is 0. The van der Waals surface area contributed by atoms with E-state index in [1.165, 1.54) is 0 Å². The van der Waals surface area contributed by atoms with E-state index in [9.17, 15) is 151 Å². The molecule has 0 radical (unpaired) electrons. The highest BCUT2D eigenvalue weighted by Crippen LogP contribution is 2.64. The molecule has 0 bridgehead atoms. The number of benzene rings is 1. The zero-order chi connectivity index (χ0) is 53.3. The zero-order valence-electron chi connectivity index (χ0n) is 29.8. The van der Waals surface area contributed by atoms with Gasteiger partial charge in [0.15, 0.2) is 10.0 Å². The Hall–Kier alpha value is -4.94. The molecule has 5 aromatic rings. The number of fused-ring (bicyclic) bond motifs is 6. The molecule has 0 aliphatic heterocycles. The number of halogens is 30. The van der Waals surface area contributed by atoms with Crippen molar-refractivity contribution in [2.24, 2.45) is 0 Å². The van der Waals surface area contributed by atoms with Crippen LogP contribution in [0, 0.1) is 0 Å². The monoisotopic (exact) mass is 1090 g/mol. The lowest BCUT2D eigenvalue weighted by atomic mass is 9.90. The molecule has 2 heterocycles. The van der Waals surface area contributed by atoms with Gasteiger partial charge in [-0.3, -0.25) is 19.2 Å². The van der Waals surface area contributed by atoms with Gasteiger partial charge in [-0.05, 0) is 12.1 Å². The maximum Gasteiger partial charge on any atom is 0.460 e. The van der Waals surface area contributed by atoms with E-state index in [4.69, 9.17) is 0 Å². The van der Waals surface area contributed by atoms with Gasteiger partial charge >= 0.3 is 83.4 Å². The van der Waals surface area contributed by atoms with Gasteiger partial charge in [0, 0.05) is 21.5 Å². The molecular weight excluding hydrogens is 1090 g/mol. The van der Waals surface area contributed by atoms with Crippen LogP contribution in [-0.4, -0.2) is 105 Å². The van der Waals surface area contributed by atoms with Crippen LogP contribution in [0.2, 0.25) is 0 Å². The Morgan fingerprint density at radius 2 is 0.559 bits per heavy atom. The minimum absolute atomic E-state index is 0.325. The Kier molecular flexibility index (Phi) is 11.4. The average Bonchev–Trinajstić information content (AvgIpc) is 3.93. The van der Waals surface area contributed by atoms with Crippen LogP contribution in [0.15, 0.2) is 21.7 Å². The number of rotatable bonds is 14. The molecule has 0 saturated carbocycles. The van der Waals surface area contributed by atoms with Crippen molar-refractivity contribution in [3.63, 3.8) is 0 Å². The molecule has 6 nitrogen and oxygen atoms in total. The lowest BCUT2D eigenvalue weighted by molar-refractivity contribution is -0.449. The van der Waals surface area contributed by atoms with E-state index in [1.807, 2.05) is 0 Å². The summed E-state index contributed by atoms with van der Waals surface area (Å²) in [5.74, 6) is -109. The summed E-state index contributed by atoms with van der Waals surface area (Å²) in [5.41, 5.74) is -6.57. The molecule has 68 heavy (non-hydrogen) atoms. The van der Waals surface area contributed by atoms with Crippen LogP contribution in [0.5, 0.6) is 0 Å². The van der Waals surface area contributed by atoms with E-state index in [0.717, 1.165) is 0 Å². The number of nitrogens with zero attached hydrogens (tertiary/aromatic N) is 2. The predicted octanol–water partition coefficient (Wildman–Crippen LogP) is 11.9. The summed E-state index contributed by atoms with van der Waals surface area (Å²) in [7, 11) is 0. The molecule has 378 valence electrons. The van der Waals surface area contributed by atoms with E-state index in [0.29, 0.717) is 12.1 Å². The minimum atomic E-state index is -8.81. The molecule has 38 heteroatoms. The molecule has 0 aliphatic rings. The third-order valence-electron chi connectivity index (χ3n) is 9.43. The van der Waals surface area contributed by atoms with Crippen LogP contribution >= 0.6 is 22.7 Å². The Bertz CT molecular complexity index is 2800. The number of Topliss-reactive ketones (excluding diaryl/α,β-unsaturated/α-hetero) is 2. The summed E-state index contributed by atoms with van der Waals surface area (Å²) in [4.78, 5) is 56.3. The van der Waals surface area contributed by atoms with E-state index < -0.39 is 181 Å². The number of hydrogen-bond acceptors (Lipinski definition) is 8. The van der Waals surface area contributed by atoms with Crippen LogP contribution < -0.4 is 10.9 Å². The van der Waals surface area contributed by atoms with Crippen molar-refractivity contribution in [2.45, 2.75) is 83.4 Å². The predicted molar refractivity (Wildman–Crippen MR) is 163 cm³/mol. The molecule has 0 unspecified atom stereocenters. The Morgan fingerprint density at radius 1 is 0.338 bits per heavy atom. The zero-order valence-corrected chi connectivity index (χ0v) is 31.5. The van der Waals surface area contributed by atoms with E-state index >= 15 is 0 Å². The quantitative estimate of drug-likeness (QED) is 0.0812. The molecular formula is C30H2F30N2O4S2. The Labute approximate surface area is 353 Å². The van der Waals surface area contributed by atoms with Gasteiger partial charge in [0.1, 0.15) is 11.0 Å². The number of carbonyl (C=O) groups excluding carboxylic acids is 2. The van der Waals surface area contributed by atoms with Crippen molar-refractivity contribution in [1.82, 2.24) is 9.97 Å². The molecule has 3 aromatic carbocycles. The standard InChI is InChI=1S/C30H2F30N2O4S2/c31-17(32,19(35,36)21(39,40)23(43,44)25(47,48)27(51,52)29(55,56)57)13(65)15-62-8-10(64)4-2-6-3(1-5(4)11(8)67-15)9(63)7-12(6)68-16(61-7)14(66)18(33,34)20(37,38)22(41,42)24(45,46)26(49,50)28(53,54)30(58,59)60/h1-2H. The largest absolute Gasteiger partial charge is 0.460 e. The van der Waals surface area contributed by atoms with Crippen molar-refractivity contribution in [2.75, 3.05) is 0 Å². The first kappa shape index (κ1) is 54.0. The van der Waals surface area contributed by atoms with Gasteiger partial charge in [0.05, 0.1) is 9.40 Å². The fourth-order valence-corrected chi connectivity index (χ4v) is 7.73. The normalized spacial score (nSPS) is 15.7. The van der Waals surface area contributed by atoms with Gasteiger partial charge in [-0.2, -0.15) is 132 Å². The fraction of sp³-hybridized carbons (Fsp3) is 0.467. The number of alkyl halides is 30. The first-order valence-corrected chi connectivity index (χ1v) is 17.5. The summed E-state index contributed by atoms with van der Waals surface area (Å²) in [6.07, 6.45) is -15.9. The van der Waals surface area contributed by atoms with Crippen molar-refractivity contribution in [1.29, 1.82) is 0 Å². The van der Waals surface area contributed by atoms with E-state index in [2.05, 4.69) is 9.97 Å². The summed E-state index contributed by atoms with van der Waals surface area (Å²) >= 11 is -1.65. The number of thiazole rings is 2. The summed E-state index contributed by atoms with van der Waals surface area (Å²) in [6, 6.07) is 0.650. The first-order chi connectivity index (χ1) is 29.8. The molecule has 0 fully saturated rings. The van der Waals surface area contributed by atoms with Crippen LogP contribution in [0.1, 0.15) is 19.6 Å². The lowest BCUT2D eigenvalue weighted by Crippen LogP contribution is -2.73. The molecule has 2 aromatic heterocycles. The first-order valence-electron chi connectivity index (χ1n) is 15.9. The number of aromatic nitrogens is 2. The second-order valence-electron chi connectivity index (χ2n) is 13.5. The molecule has 0 saturated heterocycles. The second kappa shape index (κ2) is 14.3. The summed E-state index contributed by atoms with van der Waals surface area (Å²) < 4.78 is 407. The van der Waals surface area contributed by atoms with E-state index in [1.54, 1.807) is 0 Å². The van der Waals surface area contributed by atoms with E-state index in [-0.39, 0.29) is 0 Å². The highest BCUT2D eigenvalue weighted by molar-refractivity contribution is 7.22. The molecule has 5 rings (SSSR count). The van der Waals surface area contributed by atoms with Gasteiger partial charge in [0.2, 0.25) is 10.9 Å². The third-order valence-corrected chi connectivity index (χ3v) is 11.6. The molecule has 0 aliphatic carbocycles. The highest BCUT2D eigenvalue weighted by Gasteiger charge is 2.95. The van der Waals surface area contributed by atoms with Crippen LogP contribution in [0.4, 0.5) is 132 Å². The molecule has 0 atom stereocenters.